The van der Waals surface area contributed by atoms with E-state index in [4.69, 9.17) is 32.2 Å². The van der Waals surface area contributed by atoms with Crippen molar-refractivity contribution in [2.24, 2.45) is 0 Å². The summed E-state index contributed by atoms with van der Waals surface area (Å²) in [6, 6.07) is 10.4. The number of hydrogen-bond donors (Lipinski definition) is 1. The summed E-state index contributed by atoms with van der Waals surface area (Å²) < 4.78 is 39.6. The molecule has 0 amide bonds. The fourth-order valence-corrected chi connectivity index (χ4v) is 7.23. The number of ether oxygens (including phenoxy) is 4. The lowest BCUT2D eigenvalue weighted by atomic mass is 10.0. The topological polar surface area (TPSA) is 119 Å². The first kappa shape index (κ1) is 35.8. The Morgan fingerprint density at radius 3 is 1.95 bits per heavy atom. The monoisotopic (exact) mass is 618 g/mol. The van der Waals surface area contributed by atoms with Crippen LogP contribution in [0.5, 0.6) is 23.0 Å². The summed E-state index contributed by atoms with van der Waals surface area (Å²) in [6.07, 6.45) is 5.45. The normalized spacial score (nSPS) is 11.7. The van der Waals surface area contributed by atoms with Gasteiger partial charge in [-0.2, -0.15) is 0 Å². The Balaban J connectivity index is 2.06. The van der Waals surface area contributed by atoms with Gasteiger partial charge in [-0.3, -0.25) is 0 Å². The average Bonchev–Trinajstić information content (AvgIpc) is 2.99. The molecule has 0 aromatic heterocycles. The van der Waals surface area contributed by atoms with Crippen LogP contribution in [0.4, 0.5) is 0 Å². The highest BCUT2D eigenvalue weighted by Crippen LogP contribution is 2.32. The minimum absolute atomic E-state index is 0.224. The minimum Gasteiger partial charge on any atom is -0.493 e. The Kier molecular flexibility index (Phi) is 15.8. The van der Waals surface area contributed by atoms with E-state index in [1.165, 1.54) is 20.3 Å². The van der Waals surface area contributed by atoms with Gasteiger partial charge in [0.25, 0.3) is 0 Å². The fourth-order valence-electron chi connectivity index (χ4n) is 4.54. The Morgan fingerprint density at radius 1 is 0.744 bits per heavy atom. The van der Waals surface area contributed by atoms with Crippen molar-refractivity contribution in [3.63, 3.8) is 0 Å². The van der Waals surface area contributed by atoms with Gasteiger partial charge in [-0.15, -0.1) is 0 Å². The second kappa shape index (κ2) is 19.0. The standard InChI is InChI=1S/C32H46O10Si/c1-7-38-30-22-24(16-18-28(30)42-32(35)26-17-19-27(36-5)29(23-26)37-6)21-25(31(33)34)15-13-11-12-14-20-43(39-8-2,40-9-3)41-10-4/h16-19,21-23H,7-15,20H2,1-6H3,(H,33,34)/b25-21+. The maximum absolute atomic E-state index is 12.9. The van der Waals surface area contributed by atoms with Crippen LogP contribution in [0, 0.1) is 0 Å². The highest BCUT2D eigenvalue weighted by atomic mass is 28.4. The van der Waals surface area contributed by atoms with E-state index in [0.717, 1.165) is 31.7 Å². The molecule has 0 radical (unpaired) electrons. The van der Waals surface area contributed by atoms with Crippen molar-refractivity contribution in [3.05, 3.63) is 53.1 Å². The molecule has 0 aliphatic heterocycles. The van der Waals surface area contributed by atoms with Crippen LogP contribution in [-0.2, 0) is 18.1 Å². The number of aliphatic carboxylic acids is 1. The van der Waals surface area contributed by atoms with Crippen molar-refractivity contribution in [2.45, 2.75) is 65.8 Å². The third kappa shape index (κ3) is 11.3. The summed E-state index contributed by atoms with van der Waals surface area (Å²) in [5, 5.41) is 9.84. The van der Waals surface area contributed by atoms with E-state index in [9.17, 15) is 14.7 Å². The van der Waals surface area contributed by atoms with Crippen LogP contribution >= 0.6 is 0 Å². The third-order valence-electron chi connectivity index (χ3n) is 6.48. The zero-order chi connectivity index (χ0) is 31.7. The fraction of sp³-hybridized carbons (Fsp3) is 0.500. The quantitative estimate of drug-likeness (QED) is 0.0527. The number of methoxy groups -OCH3 is 2. The van der Waals surface area contributed by atoms with Gasteiger partial charge in [0.15, 0.2) is 23.0 Å². The van der Waals surface area contributed by atoms with Gasteiger partial charge in [-0.05, 0) is 88.9 Å². The van der Waals surface area contributed by atoms with Gasteiger partial charge in [0.1, 0.15) is 0 Å². The number of carbonyl (C=O) groups excluding carboxylic acids is 1. The highest BCUT2D eigenvalue weighted by Gasteiger charge is 2.39. The molecule has 43 heavy (non-hydrogen) atoms. The van der Waals surface area contributed by atoms with Crippen molar-refractivity contribution in [2.75, 3.05) is 40.6 Å². The Hall–Kier alpha value is -3.38. The Bertz CT molecular complexity index is 1180. The second-order valence-electron chi connectivity index (χ2n) is 9.47. The number of benzene rings is 2. The summed E-state index contributed by atoms with van der Waals surface area (Å²) >= 11 is 0. The van der Waals surface area contributed by atoms with Crippen molar-refractivity contribution >= 4 is 26.8 Å². The molecule has 10 nitrogen and oxygen atoms in total. The summed E-state index contributed by atoms with van der Waals surface area (Å²) in [5.74, 6) is -0.118. The number of rotatable bonds is 21. The molecule has 0 spiro atoms. The van der Waals surface area contributed by atoms with Crippen LogP contribution in [0.3, 0.4) is 0 Å². The molecule has 2 rings (SSSR count). The summed E-state index contributed by atoms with van der Waals surface area (Å²) in [6.45, 7) is 9.61. The SMILES string of the molecule is CCOc1cc(/C=C(\CCCCCC[Si](OCC)(OCC)OCC)C(=O)O)ccc1OC(=O)c1ccc(OC)c(OC)c1. The predicted molar refractivity (Wildman–Crippen MR) is 166 cm³/mol. The van der Waals surface area contributed by atoms with Crippen LogP contribution in [0.2, 0.25) is 6.04 Å². The van der Waals surface area contributed by atoms with E-state index in [2.05, 4.69) is 0 Å². The number of esters is 1. The molecule has 0 unspecified atom stereocenters. The molecule has 0 saturated carbocycles. The molecule has 11 heteroatoms. The first-order valence-electron chi connectivity index (χ1n) is 14.8. The lowest BCUT2D eigenvalue weighted by Crippen LogP contribution is -2.45. The molecule has 2 aromatic rings. The van der Waals surface area contributed by atoms with E-state index < -0.39 is 20.7 Å². The van der Waals surface area contributed by atoms with Gasteiger partial charge in [-0.25, -0.2) is 9.59 Å². The summed E-state index contributed by atoms with van der Waals surface area (Å²) in [5.41, 5.74) is 1.20. The summed E-state index contributed by atoms with van der Waals surface area (Å²) in [7, 11) is 0.337. The zero-order valence-electron chi connectivity index (χ0n) is 26.2. The molecule has 1 N–H and O–H groups in total. The van der Waals surface area contributed by atoms with E-state index in [1.807, 2.05) is 27.7 Å². The molecule has 2 aromatic carbocycles. The molecule has 0 aliphatic carbocycles. The number of carbonyl (C=O) groups is 2. The van der Waals surface area contributed by atoms with E-state index in [0.29, 0.717) is 61.2 Å². The van der Waals surface area contributed by atoms with Crippen molar-refractivity contribution in [3.8, 4) is 23.0 Å². The molecule has 0 heterocycles. The van der Waals surface area contributed by atoms with Crippen LogP contribution in [0.15, 0.2) is 42.0 Å². The minimum atomic E-state index is -2.66. The van der Waals surface area contributed by atoms with Gasteiger partial charge in [0.05, 0.1) is 26.4 Å². The van der Waals surface area contributed by atoms with E-state index in [1.54, 1.807) is 36.4 Å². The average molecular weight is 619 g/mol. The molecular weight excluding hydrogens is 572 g/mol. The van der Waals surface area contributed by atoms with Crippen molar-refractivity contribution in [1.29, 1.82) is 0 Å². The van der Waals surface area contributed by atoms with Crippen LogP contribution in [0.1, 0.15) is 75.7 Å². The van der Waals surface area contributed by atoms with Crippen LogP contribution < -0.4 is 18.9 Å². The molecule has 0 aliphatic rings. The Morgan fingerprint density at radius 2 is 1.37 bits per heavy atom. The number of carboxylic acids is 1. The van der Waals surface area contributed by atoms with Crippen molar-refractivity contribution in [1.82, 2.24) is 0 Å². The van der Waals surface area contributed by atoms with Gasteiger partial charge in [-0.1, -0.05) is 18.9 Å². The lowest BCUT2D eigenvalue weighted by molar-refractivity contribution is -0.132. The molecule has 0 fully saturated rings. The predicted octanol–water partition coefficient (Wildman–Crippen LogP) is 6.79. The molecule has 0 atom stereocenters. The maximum Gasteiger partial charge on any atom is 0.500 e. The van der Waals surface area contributed by atoms with Crippen LogP contribution in [0.25, 0.3) is 6.08 Å². The third-order valence-corrected chi connectivity index (χ3v) is 9.63. The first-order valence-corrected chi connectivity index (χ1v) is 16.8. The number of carboxylic acid groups (broad SMARTS) is 1. The van der Waals surface area contributed by atoms with Crippen LogP contribution in [-0.4, -0.2) is 66.5 Å². The Labute approximate surface area is 256 Å². The highest BCUT2D eigenvalue weighted by molar-refractivity contribution is 6.60. The smallest absolute Gasteiger partial charge is 0.493 e. The second-order valence-corrected chi connectivity index (χ2v) is 12.2. The molecule has 0 saturated heterocycles. The number of hydrogen-bond acceptors (Lipinski definition) is 9. The van der Waals surface area contributed by atoms with E-state index in [-0.39, 0.29) is 11.3 Å². The van der Waals surface area contributed by atoms with Gasteiger partial charge >= 0.3 is 20.7 Å². The molecular formula is C32H46O10Si. The first-order chi connectivity index (χ1) is 20.8. The zero-order valence-corrected chi connectivity index (χ0v) is 27.2. The largest absolute Gasteiger partial charge is 0.500 e. The van der Waals surface area contributed by atoms with Gasteiger partial charge in [0.2, 0.25) is 0 Å². The number of unbranched alkanes of at least 4 members (excludes halogenated alkanes) is 3. The van der Waals surface area contributed by atoms with Crippen molar-refractivity contribution < 1.29 is 46.9 Å². The van der Waals surface area contributed by atoms with Gasteiger partial charge < -0.3 is 37.3 Å². The lowest BCUT2D eigenvalue weighted by Gasteiger charge is -2.28. The van der Waals surface area contributed by atoms with Gasteiger partial charge in [0, 0.05) is 31.4 Å². The summed E-state index contributed by atoms with van der Waals surface area (Å²) in [4.78, 5) is 24.9. The molecule has 238 valence electrons. The van der Waals surface area contributed by atoms with E-state index >= 15 is 0 Å². The maximum atomic E-state index is 12.9. The molecule has 0 bridgehead atoms.